The Morgan fingerprint density at radius 1 is 0.903 bits per heavy atom. The molecule has 1 aliphatic rings. The SMILES string of the molecule is Cc1cccc(C)c1NC(=O)CNC(=O)CN1CCN(C(=O)c2ccccc2Cl)CC1. The van der Waals surface area contributed by atoms with E-state index in [0.717, 1.165) is 16.8 Å². The lowest BCUT2D eigenvalue weighted by Gasteiger charge is -2.34. The van der Waals surface area contributed by atoms with Crippen molar-refractivity contribution in [2.75, 3.05) is 44.6 Å². The number of anilines is 1. The summed E-state index contributed by atoms with van der Waals surface area (Å²) in [6.07, 6.45) is 0. The smallest absolute Gasteiger partial charge is 0.255 e. The Bertz CT molecular complexity index is 951. The number of nitrogens with zero attached hydrogens (tertiary/aromatic N) is 2. The Morgan fingerprint density at radius 3 is 2.19 bits per heavy atom. The maximum absolute atomic E-state index is 12.6. The van der Waals surface area contributed by atoms with Gasteiger partial charge in [-0.25, -0.2) is 0 Å². The van der Waals surface area contributed by atoms with E-state index in [4.69, 9.17) is 11.6 Å². The summed E-state index contributed by atoms with van der Waals surface area (Å²) in [5.74, 6) is -0.582. The summed E-state index contributed by atoms with van der Waals surface area (Å²) in [5.41, 5.74) is 3.22. The summed E-state index contributed by atoms with van der Waals surface area (Å²) in [6, 6.07) is 12.8. The first-order valence-corrected chi connectivity index (χ1v) is 10.6. The van der Waals surface area contributed by atoms with Crippen molar-refractivity contribution in [3.8, 4) is 0 Å². The molecular weight excluding hydrogens is 416 g/mol. The molecule has 1 fully saturated rings. The summed E-state index contributed by atoms with van der Waals surface area (Å²) in [6.45, 7) is 6.15. The third-order valence-corrected chi connectivity index (χ3v) is 5.65. The minimum Gasteiger partial charge on any atom is -0.346 e. The summed E-state index contributed by atoms with van der Waals surface area (Å²) >= 11 is 6.12. The summed E-state index contributed by atoms with van der Waals surface area (Å²) in [5, 5.41) is 5.96. The average Bonchev–Trinajstić information content (AvgIpc) is 2.75. The van der Waals surface area contributed by atoms with Gasteiger partial charge in [0.2, 0.25) is 11.8 Å². The van der Waals surface area contributed by atoms with Gasteiger partial charge in [-0.1, -0.05) is 41.9 Å². The molecule has 31 heavy (non-hydrogen) atoms. The molecule has 0 saturated carbocycles. The zero-order valence-corrected chi connectivity index (χ0v) is 18.5. The van der Waals surface area contributed by atoms with Crippen LogP contribution in [-0.2, 0) is 9.59 Å². The van der Waals surface area contributed by atoms with Crippen LogP contribution in [-0.4, -0.2) is 66.8 Å². The number of aryl methyl sites for hydroxylation is 2. The predicted molar refractivity (Wildman–Crippen MR) is 121 cm³/mol. The second-order valence-corrected chi connectivity index (χ2v) is 8.05. The molecule has 1 heterocycles. The van der Waals surface area contributed by atoms with Crippen LogP contribution in [0.15, 0.2) is 42.5 Å². The molecule has 1 saturated heterocycles. The van der Waals surface area contributed by atoms with Gasteiger partial charge in [0.05, 0.1) is 23.7 Å². The number of halogens is 1. The molecular formula is C23H27ClN4O3. The van der Waals surface area contributed by atoms with E-state index < -0.39 is 0 Å². The minimum absolute atomic E-state index is 0.0857. The van der Waals surface area contributed by atoms with Crippen molar-refractivity contribution < 1.29 is 14.4 Å². The fraction of sp³-hybridized carbons (Fsp3) is 0.348. The minimum atomic E-state index is -0.263. The normalized spacial score (nSPS) is 14.2. The van der Waals surface area contributed by atoms with E-state index >= 15 is 0 Å². The second-order valence-electron chi connectivity index (χ2n) is 7.64. The summed E-state index contributed by atoms with van der Waals surface area (Å²) < 4.78 is 0. The van der Waals surface area contributed by atoms with Gasteiger partial charge in [-0.05, 0) is 37.1 Å². The molecule has 3 rings (SSSR count). The maximum Gasteiger partial charge on any atom is 0.255 e. The van der Waals surface area contributed by atoms with Crippen molar-refractivity contribution in [1.29, 1.82) is 0 Å². The van der Waals surface area contributed by atoms with Crippen LogP contribution in [0.4, 0.5) is 5.69 Å². The molecule has 2 aromatic carbocycles. The highest BCUT2D eigenvalue weighted by Gasteiger charge is 2.24. The van der Waals surface area contributed by atoms with Gasteiger partial charge in [0.15, 0.2) is 0 Å². The molecule has 0 unspecified atom stereocenters. The first-order chi connectivity index (χ1) is 14.8. The second kappa shape index (κ2) is 10.4. The Labute approximate surface area is 187 Å². The van der Waals surface area contributed by atoms with Gasteiger partial charge in [-0.3, -0.25) is 19.3 Å². The van der Waals surface area contributed by atoms with Crippen molar-refractivity contribution in [3.05, 3.63) is 64.2 Å². The van der Waals surface area contributed by atoms with E-state index in [1.165, 1.54) is 0 Å². The van der Waals surface area contributed by atoms with E-state index in [0.29, 0.717) is 36.8 Å². The third kappa shape index (κ3) is 6.06. The number of para-hydroxylation sites is 1. The molecule has 0 atom stereocenters. The van der Waals surface area contributed by atoms with Crippen LogP contribution < -0.4 is 10.6 Å². The van der Waals surface area contributed by atoms with E-state index in [2.05, 4.69) is 10.6 Å². The van der Waals surface area contributed by atoms with Gasteiger partial charge in [-0.15, -0.1) is 0 Å². The molecule has 2 N–H and O–H groups in total. The Morgan fingerprint density at radius 2 is 1.55 bits per heavy atom. The maximum atomic E-state index is 12.6. The fourth-order valence-electron chi connectivity index (χ4n) is 3.55. The zero-order chi connectivity index (χ0) is 22.4. The van der Waals surface area contributed by atoms with Gasteiger partial charge in [0, 0.05) is 31.9 Å². The van der Waals surface area contributed by atoms with E-state index in [1.54, 1.807) is 29.2 Å². The highest BCUT2D eigenvalue weighted by Crippen LogP contribution is 2.19. The molecule has 164 valence electrons. The number of amides is 3. The Kier molecular flexibility index (Phi) is 7.65. The number of carbonyl (C=O) groups excluding carboxylic acids is 3. The molecule has 1 aliphatic heterocycles. The summed E-state index contributed by atoms with van der Waals surface area (Å²) in [7, 11) is 0. The Balaban J connectivity index is 1.41. The lowest BCUT2D eigenvalue weighted by atomic mass is 10.1. The van der Waals surface area contributed by atoms with Gasteiger partial charge in [0.25, 0.3) is 5.91 Å². The zero-order valence-electron chi connectivity index (χ0n) is 17.8. The van der Waals surface area contributed by atoms with Gasteiger partial charge < -0.3 is 15.5 Å². The topological polar surface area (TPSA) is 81.8 Å². The highest BCUT2D eigenvalue weighted by molar-refractivity contribution is 6.33. The fourth-order valence-corrected chi connectivity index (χ4v) is 3.76. The Hall–Kier alpha value is -2.90. The number of carbonyl (C=O) groups is 3. The standard InChI is InChI=1S/C23H27ClN4O3/c1-16-6-5-7-17(2)22(16)26-20(29)14-25-21(30)15-27-10-12-28(13-11-27)23(31)18-8-3-4-9-19(18)24/h3-9H,10-15H2,1-2H3,(H,25,30)(H,26,29). The molecule has 0 aliphatic carbocycles. The number of benzene rings is 2. The van der Waals surface area contributed by atoms with Crippen LogP contribution >= 0.6 is 11.6 Å². The van der Waals surface area contributed by atoms with Crippen LogP contribution in [0.3, 0.4) is 0 Å². The molecule has 0 spiro atoms. The molecule has 3 amide bonds. The number of piperazine rings is 1. The average molecular weight is 443 g/mol. The van der Waals surface area contributed by atoms with Gasteiger partial charge in [0.1, 0.15) is 0 Å². The van der Waals surface area contributed by atoms with Crippen molar-refractivity contribution in [2.24, 2.45) is 0 Å². The van der Waals surface area contributed by atoms with Crippen molar-refractivity contribution in [3.63, 3.8) is 0 Å². The molecule has 0 bridgehead atoms. The molecule has 0 radical (unpaired) electrons. The number of nitrogens with one attached hydrogen (secondary N) is 2. The molecule has 2 aromatic rings. The van der Waals surface area contributed by atoms with E-state index in [9.17, 15) is 14.4 Å². The number of hydrogen-bond acceptors (Lipinski definition) is 4. The van der Waals surface area contributed by atoms with Gasteiger partial charge in [-0.2, -0.15) is 0 Å². The van der Waals surface area contributed by atoms with E-state index in [1.807, 2.05) is 36.9 Å². The van der Waals surface area contributed by atoms with Crippen molar-refractivity contribution in [1.82, 2.24) is 15.1 Å². The number of hydrogen-bond donors (Lipinski definition) is 2. The van der Waals surface area contributed by atoms with E-state index in [-0.39, 0.29) is 30.8 Å². The predicted octanol–water partition coefficient (Wildman–Crippen LogP) is 2.47. The van der Waals surface area contributed by atoms with Crippen molar-refractivity contribution in [2.45, 2.75) is 13.8 Å². The van der Waals surface area contributed by atoms with Crippen LogP contribution in [0.5, 0.6) is 0 Å². The highest BCUT2D eigenvalue weighted by atomic mass is 35.5. The first kappa shape index (κ1) is 22.8. The quantitative estimate of drug-likeness (QED) is 0.720. The lowest BCUT2D eigenvalue weighted by molar-refractivity contribution is -0.125. The summed E-state index contributed by atoms with van der Waals surface area (Å²) in [4.78, 5) is 40.8. The first-order valence-electron chi connectivity index (χ1n) is 10.2. The molecule has 8 heteroatoms. The molecule has 0 aromatic heterocycles. The third-order valence-electron chi connectivity index (χ3n) is 5.32. The van der Waals surface area contributed by atoms with Crippen molar-refractivity contribution >= 4 is 35.0 Å². The molecule has 7 nitrogen and oxygen atoms in total. The monoisotopic (exact) mass is 442 g/mol. The van der Waals surface area contributed by atoms with Crippen LogP contribution in [0, 0.1) is 13.8 Å². The lowest BCUT2D eigenvalue weighted by Crippen LogP contribution is -2.51. The van der Waals surface area contributed by atoms with Crippen LogP contribution in [0.25, 0.3) is 0 Å². The van der Waals surface area contributed by atoms with Crippen LogP contribution in [0.1, 0.15) is 21.5 Å². The number of rotatable bonds is 6. The largest absolute Gasteiger partial charge is 0.346 e. The van der Waals surface area contributed by atoms with Gasteiger partial charge >= 0.3 is 0 Å². The van der Waals surface area contributed by atoms with Crippen LogP contribution in [0.2, 0.25) is 5.02 Å².